The number of carbonyl (C=O) groups excluding carboxylic acids is 2. The maximum absolute atomic E-state index is 12.9. The Hall–Kier alpha value is -2.00. The number of halogens is 1. The van der Waals surface area contributed by atoms with Gasteiger partial charge < -0.3 is 10.2 Å². The van der Waals surface area contributed by atoms with Crippen LogP contribution in [-0.4, -0.2) is 74.3 Å². The Morgan fingerprint density at radius 1 is 1.23 bits per heavy atom. The third kappa shape index (κ3) is 5.77. The average Bonchev–Trinajstić information content (AvgIpc) is 2.89. The van der Waals surface area contributed by atoms with Crippen molar-refractivity contribution in [2.75, 3.05) is 43.5 Å². The Labute approximate surface area is 153 Å². The van der Waals surface area contributed by atoms with E-state index in [0.29, 0.717) is 18.7 Å². The molecule has 2 rings (SSSR count). The summed E-state index contributed by atoms with van der Waals surface area (Å²) in [5.74, 6) is -0.803. The number of sulfone groups is 1. The Morgan fingerprint density at radius 2 is 1.88 bits per heavy atom. The predicted molar refractivity (Wildman–Crippen MR) is 97.0 cm³/mol. The van der Waals surface area contributed by atoms with Crippen molar-refractivity contribution in [3.8, 4) is 0 Å². The van der Waals surface area contributed by atoms with Crippen LogP contribution in [-0.2, 0) is 19.4 Å². The van der Waals surface area contributed by atoms with Crippen LogP contribution in [0.2, 0.25) is 0 Å². The molecule has 1 fully saturated rings. The van der Waals surface area contributed by atoms with Gasteiger partial charge in [0.2, 0.25) is 11.8 Å². The molecule has 1 heterocycles. The molecule has 0 spiro atoms. The van der Waals surface area contributed by atoms with Crippen LogP contribution < -0.4 is 5.32 Å². The van der Waals surface area contributed by atoms with E-state index < -0.39 is 9.84 Å². The van der Waals surface area contributed by atoms with Crippen LogP contribution in [0.5, 0.6) is 0 Å². The summed E-state index contributed by atoms with van der Waals surface area (Å²) in [5, 5.41) is 2.63. The lowest BCUT2D eigenvalue weighted by molar-refractivity contribution is -0.134. The van der Waals surface area contributed by atoms with Crippen molar-refractivity contribution in [3.63, 3.8) is 0 Å². The highest BCUT2D eigenvalue weighted by molar-refractivity contribution is 7.91. The third-order valence-electron chi connectivity index (χ3n) is 4.26. The molecule has 2 amide bonds. The van der Waals surface area contributed by atoms with Gasteiger partial charge in [0.1, 0.15) is 5.82 Å². The first kappa shape index (κ1) is 20.3. The van der Waals surface area contributed by atoms with Crippen LogP contribution in [0.4, 0.5) is 10.1 Å². The van der Waals surface area contributed by atoms with Crippen molar-refractivity contribution >= 4 is 27.3 Å². The van der Waals surface area contributed by atoms with Crippen molar-refractivity contribution in [1.29, 1.82) is 0 Å². The van der Waals surface area contributed by atoms with Gasteiger partial charge in [0.15, 0.2) is 9.84 Å². The molecule has 1 atom stereocenters. The van der Waals surface area contributed by atoms with Crippen LogP contribution >= 0.6 is 0 Å². The standard InChI is InChI=1S/C17H24FN3O4S/c1-3-21(15-8-9-26(24,25)12-15)17(23)11-20(2)10-16(22)19-14-6-4-13(18)5-7-14/h4-7,15H,3,8-12H2,1-2H3,(H,19,22)/t15-/m1/s1. The molecule has 144 valence electrons. The van der Waals surface area contributed by atoms with Gasteiger partial charge in [-0.2, -0.15) is 0 Å². The first-order valence-corrected chi connectivity index (χ1v) is 10.3. The molecule has 0 bridgehead atoms. The van der Waals surface area contributed by atoms with Gasteiger partial charge in [0.05, 0.1) is 24.6 Å². The maximum atomic E-state index is 12.9. The van der Waals surface area contributed by atoms with Crippen LogP contribution in [0.1, 0.15) is 13.3 Å². The quantitative estimate of drug-likeness (QED) is 0.748. The van der Waals surface area contributed by atoms with Gasteiger partial charge in [0.25, 0.3) is 0 Å². The van der Waals surface area contributed by atoms with Gasteiger partial charge in [-0.15, -0.1) is 0 Å². The lowest BCUT2D eigenvalue weighted by atomic mass is 10.2. The van der Waals surface area contributed by atoms with E-state index in [4.69, 9.17) is 0 Å². The fraction of sp³-hybridized carbons (Fsp3) is 0.529. The molecule has 1 aliphatic heterocycles. The summed E-state index contributed by atoms with van der Waals surface area (Å²) in [4.78, 5) is 27.6. The SMILES string of the molecule is CCN(C(=O)CN(C)CC(=O)Nc1ccc(F)cc1)[C@@H]1CCS(=O)(=O)C1. The highest BCUT2D eigenvalue weighted by Crippen LogP contribution is 2.18. The molecule has 1 aromatic rings. The van der Waals surface area contributed by atoms with Gasteiger partial charge in [-0.25, -0.2) is 12.8 Å². The van der Waals surface area contributed by atoms with Crippen molar-refractivity contribution in [1.82, 2.24) is 9.80 Å². The Kier molecular flexibility index (Phi) is 6.71. The first-order chi connectivity index (χ1) is 12.2. The van der Waals surface area contributed by atoms with Crippen molar-refractivity contribution in [3.05, 3.63) is 30.1 Å². The summed E-state index contributed by atoms with van der Waals surface area (Å²) >= 11 is 0. The number of carbonyl (C=O) groups is 2. The van der Waals surface area contributed by atoms with Gasteiger partial charge in [-0.05, 0) is 44.7 Å². The molecule has 1 aliphatic rings. The molecule has 1 aromatic carbocycles. The van der Waals surface area contributed by atoms with E-state index in [1.807, 2.05) is 6.92 Å². The molecule has 0 saturated carbocycles. The fourth-order valence-corrected chi connectivity index (χ4v) is 4.75. The van der Waals surface area contributed by atoms with E-state index in [0.717, 1.165) is 0 Å². The fourth-order valence-electron chi connectivity index (χ4n) is 3.02. The molecule has 0 radical (unpaired) electrons. The Balaban J connectivity index is 1.85. The second-order valence-corrected chi connectivity index (χ2v) is 8.69. The van der Waals surface area contributed by atoms with Gasteiger partial charge in [-0.3, -0.25) is 14.5 Å². The number of rotatable bonds is 7. The molecule has 7 nitrogen and oxygen atoms in total. The number of nitrogens with zero attached hydrogens (tertiary/aromatic N) is 2. The van der Waals surface area contributed by atoms with Crippen LogP contribution in [0.25, 0.3) is 0 Å². The highest BCUT2D eigenvalue weighted by Gasteiger charge is 2.34. The number of anilines is 1. The monoisotopic (exact) mass is 385 g/mol. The number of amides is 2. The Bertz CT molecular complexity index is 752. The van der Waals surface area contributed by atoms with Gasteiger partial charge >= 0.3 is 0 Å². The highest BCUT2D eigenvalue weighted by atomic mass is 32.2. The number of benzene rings is 1. The zero-order chi connectivity index (χ0) is 19.3. The van der Waals surface area contributed by atoms with Crippen LogP contribution in [0.3, 0.4) is 0 Å². The largest absolute Gasteiger partial charge is 0.338 e. The van der Waals surface area contributed by atoms with Gasteiger partial charge in [-0.1, -0.05) is 0 Å². The van der Waals surface area contributed by atoms with E-state index in [1.54, 1.807) is 16.8 Å². The summed E-state index contributed by atoms with van der Waals surface area (Å²) in [6.07, 6.45) is 0.455. The minimum atomic E-state index is -3.07. The molecule has 26 heavy (non-hydrogen) atoms. The average molecular weight is 385 g/mol. The molecule has 0 aliphatic carbocycles. The minimum Gasteiger partial charge on any atom is -0.338 e. The Morgan fingerprint density at radius 3 is 2.42 bits per heavy atom. The van der Waals surface area contributed by atoms with Crippen molar-refractivity contribution in [2.45, 2.75) is 19.4 Å². The number of hydrogen-bond donors (Lipinski definition) is 1. The smallest absolute Gasteiger partial charge is 0.238 e. The summed E-state index contributed by atoms with van der Waals surface area (Å²) in [6, 6.07) is 5.11. The third-order valence-corrected chi connectivity index (χ3v) is 6.01. The summed E-state index contributed by atoms with van der Waals surface area (Å²) in [5.41, 5.74) is 0.475. The lowest BCUT2D eigenvalue weighted by Crippen LogP contribution is -2.46. The minimum absolute atomic E-state index is 0.00134. The summed E-state index contributed by atoms with van der Waals surface area (Å²) in [7, 11) is -1.43. The second kappa shape index (κ2) is 8.59. The zero-order valence-corrected chi connectivity index (χ0v) is 15.8. The van der Waals surface area contributed by atoms with E-state index in [2.05, 4.69) is 5.32 Å². The van der Waals surface area contributed by atoms with E-state index >= 15 is 0 Å². The topological polar surface area (TPSA) is 86.8 Å². The van der Waals surface area contributed by atoms with E-state index in [1.165, 1.54) is 24.3 Å². The first-order valence-electron chi connectivity index (χ1n) is 8.44. The van der Waals surface area contributed by atoms with Crippen molar-refractivity contribution in [2.24, 2.45) is 0 Å². The number of hydrogen-bond acceptors (Lipinski definition) is 5. The van der Waals surface area contributed by atoms with Crippen LogP contribution in [0, 0.1) is 5.82 Å². The second-order valence-electron chi connectivity index (χ2n) is 6.46. The molecule has 9 heteroatoms. The number of likely N-dealkylation sites (N-methyl/N-ethyl adjacent to an activating group) is 2. The molecular formula is C17H24FN3O4S. The van der Waals surface area contributed by atoms with Crippen molar-refractivity contribution < 1.29 is 22.4 Å². The van der Waals surface area contributed by atoms with E-state index in [9.17, 15) is 22.4 Å². The predicted octanol–water partition coefficient (Wildman–Crippen LogP) is 0.732. The summed E-state index contributed by atoms with van der Waals surface area (Å²) < 4.78 is 36.1. The maximum Gasteiger partial charge on any atom is 0.238 e. The molecule has 0 aromatic heterocycles. The molecular weight excluding hydrogens is 361 g/mol. The molecule has 0 unspecified atom stereocenters. The van der Waals surface area contributed by atoms with E-state index in [-0.39, 0.29) is 48.3 Å². The van der Waals surface area contributed by atoms with Crippen LogP contribution in [0.15, 0.2) is 24.3 Å². The normalized spacial score (nSPS) is 18.7. The summed E-state index contributed by atoms with van der Waals surface area (Å²) in [6.45, 7) is 2.24. The molecule has 1 N–H and O–H groups in total. The number of nitrogens with one attached hydrogen (secondary N) is 1. The molecule has 1 saturated heterocycles. The lowest BCUT2D eigenvalue weighted by Gasteiger charge is -2.28. The van der Waals surface area contributed by atoms with Gasteiger partial charge in [0, 0.05) is 18.3 Å². The zero-order valence-electron chi connectivity index (χ0n) is 14.9.